The zero-order valence-corrected chi connectivity index (χ0v) is 12.5. The first kappa shape index (κ1) is 15.4. The third kappa shape index (κ3) is 4.28. The Morgan fingerprint density at radius 3 is 2.55 bits per heavy atom. The average Bonchev–Trinajstić information content (AvgIpc) is 2.49. The Kier molecular flexibility index (Phi) is 5.98. The molecule has 2 saturated heterocycles. The minimum atomic E-state index is -0.566. The second kappa shape index (κ2) is 7.74. The van der Waals surface area contributed by atoms with Gasteiger partial charge in [-0.3, -0.25) is 9.59 Å². The molecular weight excluding hydrogens is 256 g/mol. The van der Waals surface area contributed by atoms with Crippen LogP contribution in [0.25, 0.3) is 0 Å². The van der Waals surface area contributed by atoms with Crippen LogP contribution in [0.4, 0.5) is 0 Å². The summed E-state index contributed by atoms with van der Waals surface area (Å²) in [5.41, 5.74) is 0. The van der Waals surface area contributed by atoms with E-state index in [9.17, 15) is 9.59 Å². The molecule has 0 aromatic rings. The van der Waals surface area contributed by atoms with Crippen molar-refractivity contribution in [2.75, 3.05) is 46.4 Å². The van der Waals surface area contributed by atoms with Gasteiger partial charge in [0.2, 0.25) is 0 Å². The monoisotopic (exact) mass is 282 g/mol. The van der Waals surface area contributed by atoms with Crippen LogP contribution in [-0.2, 0) is 14.3 Å². The average molecular weight is 282 g/mol. The number of rotatable bonds is 5. The Bertz CT molecular complexity index is 332. The van der Waals surface area contributed by atoms with Gasteiger partial charge in [0, 0.05) is 19.5 Å². The fourth-order valence-electron chi connectivity index (χ4n) is 3.15. The Balaban J connectivity index is 1.70. The summed E-state index contributed by atoms with van der Waals surface area (Å²) in [4.78, 5) is 28.0. The minimum absolute atomic E-state index is 0.0316. The lowest BCUT2D eigenvalue weighted by atomic mass is 9.96. The van der Waals surface area contributed by atoms with Crippen molar-refractivity contribution < 1.29 is 14.3 Å². The Morgan fingerprint density at radius 1 is 1.15 bits per heavy atom. The molecule has 5 heteroatoms. The molecule has 0 bridgehead atoms. The maximum Gasteiger partial charge on any atom is 0.317 e. The van der Waals surface area contributed by atoms with Crippen LogP contribution in [-0.4, -0.2) is 67.9 Å². The van der Waals surface area contributed by atoms with Crippen LogP contribution in [0, 0.1) is 5.92 Å². The first-order valence-electron chi connectivity index (χ1n) is 7.76. The normalized spacial score (nSPS) is 25.6. The van der Waals surface area contributed by atoms with Crippen LogP contribution in [0.5, 0.6) is 0 Å². The van der Waals surface area contributed by atoms with Crippen molar-refractivity contribution in [1.82, 2.24) is 9.80 Å². The van der Waals surface area contributed by atoms with Gasteiger partial charge in [-0.15, -0.1) is 0 Å². The number of hydrogen-bond donors (Lipinski definition) is 0. The molecule has 2 aliphatic rings. The molecule has 0 saturated carbocycles. The van der Waals surface area contributed by atoms with Crippen molar-refractivity contribution in [2.24, 2.45) is 5.92 Å². The first-order valence-corrected chi connectivity index (χ1v) is 7.76. The highest BCUT2D eigenvalue weighted by atomic mass is 16.5. The molecule has 2 aliphatic heterocycles. The van der Waals surface area contributed by atoms with Crippen LogP contribution >= 0.6 is 0 Å². The highest BCUT2D eigenvalue weighted by molar-refractivity contribution is 5.99. The molecule has 0 aliphatic carbocycles. The van der Waals surface area contributed by atoms with Gasteiger partial charge in [-0.05, 0) is 45.4 Å². The van der Waals surface area contributed by atoms with Crippen molar-refractivity contribution in [2.45, 2.75) is 32.1 Å². The highest BCUT2D eigenvalue weighted by Crippen LogP contribution is 2.15. The number of hydrogen-bond acceptors (Lipinski definition) is 5. The van der Waals surface area contributed by atoms with Gasteiger partial charge in [0.15, 0.2) is 0 Å². The largest absolute Gasteiger partial charge is 0.468 e. The van der Waals surface area contributed by atoms with E-state index in [-0.39, 0.29) is 11.8 Å². The molecule has 0 amide bonds. The molecule has 0 spiro atoms. The van der Waals surface area contributed by atoms with E-state index in [0.717, 1.165) is 26.1 Å². The number of carbonyl (C=O) groups is 2. The van der Waals surface area contributed by atoms with Gasteiger partial charge in [-0.25, -0.2) is 0 Å². The lowest BCUT2D eigenvalue weighted by Crippen LogP contribution is -2.45. The van der Waals surface area contributed by atoms with E-state index in [1.807, 2.05) is 0 Å². The van der Waals surface area contributed by atoms with Crippen molar-refractivity contribution in [3.63, 3.8) is 0 Å². The summed E-state index contributed by atoms with van der Waals surface area (Å²) >= 11 is 0. The number of piperidine rings is 2. The number of esters is 1. The summed E-state index contributed by atoms with van der Waals surface area (Å²) in [6, 6.07) is 0. The standard InChI is InChI=1S/C15H26N2O3/c1-20-15(19)13-12-17(11-6-14(13)18)10-5-9-16-7-3-2-4-8-16/h13H,2-12H2,1H3. The van der Waals surface area contributed by atoms with Gasteiger partial charge < -0.3 is 14.5 Å². The molecule has 2 fully saturated rings. The van der Waals surface area contributed by atoms with E-state index >= 15 is 0 Å². The molecule has 0 radical (unpaired) electrons. The molecule has 0 N–H and O–H groups in total. The van der Waals surface area contributed by atoms with Crippen molar-refractivity contribution in [3.8, 4) is 0 Å². The van der Waals surface area contributed by atoms with E-state index < -0.39 is 5.92 Å². The quantitative estimate of drug-likeness (QED) is 0.554. The third-order valence-electron chi connectivity index (χ3n) is 4.39. The molecule has 0 aromatic heterocycles. The lowest BCUT2D eigenvalue weighted by Gasteiger charge is -2.31. The molecule has 114 valence electrons. The summed E-state index contributed by atoms with van der Waals surface area (Å²) in [7, 11) is 1.35. The van der Waals surface area contributed by atoms with Gasteiger partial charge in [0.05, 0.1) is 7.11 Å². The van der Waals surface area contributed by atoms with Gasteiger partial charge in [-0.1, -0.05) is 6.42 Å². The number of nitrogens with zero attached hydrogens (tertiary/aromatic N) is 2. The number of carbonyl (C=O) groups excluding carboxylic acids is 2. The second-order valence-corrected chi connectivity index (χ2v) is 5.85. The van der Waals surface area contributed by atoms with E-state index in [1.165, 1.54) is 39.5 Å². The number of ether oxygens (including phenoxy) is 1. The summed E-state index contributed by atoms with van der Waals surface area (Å²) in [5, 5.41) is 0. The maximum atomic E-state index is 11.7. The molecule has 2 heterocycles. The zero-order valence-electron chi connectivity index (χ0n) is 12.5. The fourth-order valence-corrected chi connectivity index (χ4v) is 3.15. The Labute approximate surface area is 121 Å². The summed E-state index contributed by atoms with van der Waals surface area (Å²) < 4.78 is 4.71. The van der Waals surface area contributed by atoms with E-state index in [4.69, 9.17) is 4.74 Å². The van der Waals surface area contributed by atoms with Gasteiger partial charge in [-0.2, -0.15) is 0 Å². The number of methoxy groups -OCH3 is 1. The Morgan fingerprint density at radius 2 is 1.85 bits per heavy atom. The summed E-state index contributed by atoms with van der Waals surface area (Å²) in [6.07, 6.45) is 5.60. The predicted molar refractivity (Wildman–Crippen MR) is 76.5 cm³/mol. The molecule has 2 rings (SSSR count). The summed E-state index contributed by atoms with van der Waals surface area (Å²) in [5.74, 6) is -0.913. The van der Waals surface area contributed by atoms with Gasteiger partial charge in [0.25, 0.3) is 0 Å². The van der Waals surface area contributed by atoms with Crippen molar-refractivity contribution in [3.05, 3.63) is 0 Å². The van der Waals surface area contributed by atoms with Crippen LogP contribution in [0.1, 0.15) is 32.1 Å². The molecular formula is C15H26N2O3. The molecule has 5 nitrogen and oxygen atoms in total. The molecule has 1 unspecified atom stereocenters. The molecule has 20 heavy (non-hydrogen) atoms. The topological polar surface area (TPSA) is 49.9 Å². The van der Waals surface area contributed by atoms with Gasteiger partial charge >= 0.3 is 5.97 Å². The van der Waals surface area contributed by atoms with E-state index in [1.54, 1.807) is 0 Å². The lowest BCUT2D eigenvalue weighted by molar-refractivity contribution is -0.151. The second-order valence-electron chi connectivity index (χ2n) is 5.85. The SMILES string of the molecule is COC(=O)C1CN(CCCN2CCCCC2)CCC1=O. The van der Waals surface area contributed by atoms with Crippen molar-refractivity contribution in [1.29, 1.82) is 0 Å². The summed E-state index contributed by atoms with van der Waals surface area (Å²) in [6.45, 7) is 5.87. The van der Waals surface area contributed by atoms with Gasteiger partial charge in [0.1, 0.15) is 11.7 Å². The van der Waals surface area contributed by atoms with Crippen LogP contribution in [0.3, 0.4) is 0 Å². The molecule has 1 atom stereocenters. The Hall–Kier alpha value is -0.940. The van der Waals surface area contributed by atoms with E-state index in [0.29, 0.717) is 13.0 Å². The highest BCUT2D eigenvalue weighted by Gasteiger charge is 2.33. The van der Waals surface area contributed by atoms with Crippen molar-refractivity contribution >= 4 is 11.8 Å². The van der Waals surface area contributed by atoms with Crippen LogP contribution in [0.2, 0.25) is 0 Å². The van der Waals surface area contributed by atoms with Crippen LogP contribution < -0.4 is 0 Å². The minimum Gasteiger partial charge on any atom is -0.468 e. The number of Topliss-reactive ketones (excluding diaryl/α,β-unsaturated/α-hetero) is 1. The van der Waals surface area contributed by atoms with E-state index in [2.05, 4.69) is 9.80 Å². The third-order valence-corrected chi connectivity index (χ3v) is 4.39. The first-order chi connectivity index (χ1) is 9.70. The smallest absolute Gasteiger partial charge is 0.317 e. The fraction of sp³-hybridized carbons (Fsp3) is 0.867. The zero-order chi connectivity index (χ0) is 14.4. The molecule has 0 aromatic carbocycles. The van der Waals surface area contributed by atoms with Crippen LogP contribution in [0.15, 0.2) is 0 Å². The predicted octanol–water partition coefficient (Wildman–Crippen LogP) is 0.926. The number of likely N-dealkylation sites (tertiary alicyclic amines) is 2. The maximum absolute atomic E-state index is 11.7. The number of ketones is 1.